The zero-order chi connectivity index (χ0) is 12.1. The van der Waals surface area contributed by atoms with Gasteiger partial charge in [-0.25, -0.2) is 0 Å². The standard InChI is InChI=1S/C13H18BrNO/c1-4-7-15(10(2)3)13-6-5-11(9-16)8-12(13)14/h5-6,8-10H,4,7H2,1-3H3. The second-order valence-corrected chi connectivity index (χ2v) is 4.97. The molecule has 16 heavy (non-hydrogen) atoms. The first-order valence-corrected chi connectivity index (χ1v) is 6.40. The van der Waals surface area contributed by atoms with Crippen molar-refractivity contribution in [3.63, 3.8) is 0 Å². The summed E-state index contributed by atoms with van der Waals surface area (Å²) in [6.45, 7) is 7.55. The van der Waals surface area contributed by atoms with E-state index in [2.05, 4.69) is 41.6 Å². The molecule has 0 aliphatic heterocycles. The Kier molecular flexibility index (Phi) is 5.00. The molecule has 0 heterocycles. The molecule has 0 atom stereocenters. The van der Waals surface area contributed by atoms with Crippen LogP contribution in [0.2, 0.25) is 0 Å². The molecule has 0 unspecified atom stereocenters. The fourth-order valence-corrected chi connectivity index (χ4v) is 2.35. The van der Waals surface area contributed by atoms with Crippen LogP contribution in [0.25, 0.3) is 0 Å². The predicted octanol–water partition coefficient (Wildman–Crippen LogP) is 3.89. The van der Waals surface area contributed by atoms with Gasteiger partial charge >= 0.3 is 0 Å². The minimum Gasteiger partial charge on any atom is -0.368 e. The van der Waals surface area contributed by atoms with E-state index in [1.54, 1.807) is 0 Å². The average molecular weight is 284 g/mol. The predicted molar refractivity (Wildman–Crippen MR) is 72.3 cm³/mol. The molecule has 0 amide bonds. The lowest BCUT2D eigenvalue weighted by Crippen LogP contribution is -2.31. The van der Waals surface area contributed by atoms with Gasteiger partial charge in [0.05, 0.1) is 5.69 Å². The summed E-state index contributed by atoms with van der Waals surface area (Å²) in [7, 11) is 0. The van der Waals surface area contributed by atoms with Gasteiger partial charge in [-0.05, 0) is 54.4 Å². The van der Waals surface area contributed by atoms with Gasteiger partial charge in [0.25, 0.3) is 0 Å². The van der Waals surface area contributed by atoms with E-state index in [1.165, 1.54) is 0 Å². The molecule has 0 aliphatic carbocycles. The first kappa shape index (κ1) is 13.2. The van der Waals surface area contributed by atoms with Gasteiger partial charge in [-0.1, -0.05) is 6.92 Å². The van der Waals surface area contributed by atoms with Crippen molar-refractivity contribution in [2.45, 2.75) is 33.2 Å². The maximum Gasteiger partial charge on any atom is 0.150 e. The molecule has 0 radical (unpaired) electrons. The van der Waals surface area contributed by atoms with Crippen LogP contribution in [-0.4, -0.2) is 18.9 Å². The van der Waals surface area contributed by atoms with Crippen molar-refractivity contribution < 1.29 is 4.79 Å². The largest absolute Gasteiger partial charge is 0.368 e. The van der Waals surface area contributed by atoms with Crippen molar-refractivity contribution in [3.05, 3.63) is 28.2 Å². The van der Waals surface area contributed by atoms with Crippen LogP contribution in [0, 0.1) is 0 Å². The molecule has 0 bridgehead atoms. The Hall–Kier alpha value is -0.830. The number of carbonyl (C=O) groups excluding carboxylic acids is 1. The highest BCUT2D eigenvalue weighted by molar-refractivity contribution is 9.10. The van der Waals surface area contributed by atoms with Gasteiger partial charge in [-0.15, -0.1) is 0 Å². The minimum absolute atomic E-state index is 0.457. The molecule has 88 valence electrons. The lowest BCUT2D eigenvalue weighted by Gasteiger charge is -2.29. The van der Waals surface area contributed by atoms with Crippen LogP contribution in [0.5, 0.6) is 0 Å². The molecule has 0 aromatic heterocycles. The summed E-state index contributed by atoms with van der Waals surface area (Å²) < 4.78 is 0.985. The third-order valence-corrected chi connectivity index (χ3v) is 3.14. The summed E-state index contributed by atoms with van der Waals surface area (Å²) in [6.07, 6.45) is 1.98. The number of benzene rings is 1. The summed E-state index contributed by atoms with van der Waals surface area (Å²) in [5, 5.41) is 0. The summed E-state index contributed by atoms with van der Waals surface area (Å²) in [5.74, 6) is 0. The Balaban J connectivity index is 3.04. The van der Waals surface area contributed by atoms with E-state index in [1.807, 2.05) is 18.2 Å². The number of carbonyl (C=O) groups is 1. The first-order chi connectivity index (χ1) is 7.60. The smallest absolute Gasteiger partial charge is 0.150 e. The van der Waals surface area contributed by atoms with Gasteiger partial charge < -0.3 is 4.90 Å². The van der Waals surface area contributed by atoms with Crippen molar-refractivity contribution >= 4 is 27.9 Å². The number of halogens is 1. The van der Waals surface area contributed by atoms with Crippen molar-refractivity contribution in [1.82, 2.24) is 0 Å². The number of anilines is 1. The van der Waals surface area contributed by atoms with Gasteiger partial charge in [0.2, 0.25) is 0 Å². The lowest BCUT2D eigenvalue weighted by atomic mass is 10.2. The summed E-state index contributed by atoms with van der Waals surface area (Å²) in [4.78, 5) is 13.0. The molecule has 0 saturated heterocycles. The minimum atomic E-state index is 0.457. The highest BCUT2D eigenvalue weighted by atomic mass is 79.9. The normalized spacial score (nSPS) is 10.6. The number of nitrogens with zero attached hydrogens (tertiary/aromatic N) is 1. The van der Waals surface area contributed by atoms with Crippen LogP contribution in [0.4, 0.5) is 5.69 Å². The Morgan fingerprint density at radius 3 is 2.56 bits per heavy atom. The van der Waals surface area contributed by atoms with E-state index >= 15 is 0 Å². The average Bonchev–Trinajstić information content (AvgIpc) is 2.26. The van der Waals surface area contributed by atoms with E-state index in [4.69, 9.17) is 0 Å². The monoisotopic (exact) mass is 283 g/mol. The number of hydrogen-bond donors (Lipinski definition) is 0. The molecule has 0 aliphatic rings. The van der Waals surface area contributed by atoms with Crippen LogP contribution in [0.3, 0.4) is 0 Å². The lowest BCUT2D eigenvalue weighted by molar-refractivity contribution is 0.112. The Morgan fingerprint density at radius 2 is 2.12 bits per heavy atom. The van der Waals surface area contributed by atoms with Gasteiger partial charge in [-0.3, -0.25) is 4.79 Å². The van der Waals surface area contributed by atoms with Crippen LogP contribution >= 0.6 is 15.9 Å². The fraction of sp³-hybridized carbons (Fsp3) is 0.462. The fourth-order valence-electron chi connectivity index (χ4n) is 1.73. The molecule has 0 fully saturated rings. The summed E-state index contributed by atoms with van der Waals surface area (Å²) in [6, 6.07) is 6.19. The Bertz CT molecular complexity index is 363. The highest BCUT2D eigenvalue weighted by Gasteiger charge is 2.12. The third-order valence-electron chi connectivity index (χ3n) is 2.51. The number of aldehydes is 1. The van der Waals surface area contributed by atoms with Gasteiger partial charge in [0.15, 0.2) is 0 Å². The molecule has 0 saturated carbocycles. The van der Waals surface area contributed by atoms with E-state index in [0.29, 0.717) is 11.6 Å². The molecule has 3 heteroatoms. The maximum absolute atomic E-state index is 10.7. The second kappa shape index (κ2) is 6.04. The van der Waals surface area contributed by atoms with Crippen molar-refractivity contribution in [2.75, 3.05) is 11.4 Å². The van der Waals surface area contributed by atoms with Crippen molar-refractivity contribution in [1.29, 1.82) is 0 Å². The van der Waals surface area contributed by atoms with Crippen LogP contribution < -0.4 is 4.90 Å². The second-order valence-electron chi connectivity index (χ2n) is 4.12. The molecule has 1 aromatic rings. The highest BCUT2D eigenvalue weighted by Crippen LogP contribution is 2.28. The molecule has 0 spiro atoms. The molecular formula is C13H18BrNO. The number of hydrogen-bond acceptors (Lipinski definition) is 2. The van der Waals surface area contributed by atoms with Gasteiger partial charge in [0, 0.05) is 22.6 Å². The maximum atomic E-state index is 10.7. The van der Waals surface area contributed by atoms with E-state index in [-0.39, 0.29) is 0 Å². The molecule has 1 aromatic carbocycles. The Morgan fingerprint density at radius 1 is 1.44 bits per heavy atom. The SMILES string of the molecule is CCCN(c1ccc(C=O)cc1Br)C(C)C. The van der Waals surface area contributed by atoms with Crippen LogP contribution in [0.1, 0.15) is 37.6 Å². The van der Waals surface area contributed by atoms with Gasteiger partial charge in [0.1, 0.15) is 6.29 Å². The Labute approximate surface area is 106 Å². The quantitative estimate of drug-likeness (QED) is 0.765. The first-order valence-electron chi connectivity index (χ1n) is 5.61. The van der Waals surface area contributed by atoms with Crippen LogP contribution in [-0.2, 0) is 0 Å². The van der Waals surface area contributed by atoms with Crippen LogP contribution in [0.15, 0.2) is 22.7 Å². The molecular weight excluding hydrogens is 266 g/mol. The summed E-state index contributed by atoms with van der Waals surface area (Å²) >= 11 is 3.53. The summed E-state index contributed by atoms with van der Waals surface area (Å²) in [5.41, 5.74) is 1.86. The van der Waals surface area contributed by atoms with E-state index in [9.17, 15) is 4.79 Å². The zero-order valence-corrected chi connectivity index (χ0v) is 11.6. The van der Waals surface area contributed by atoms with Gasteiger partial charge in [-0.2, -0.15) is 0 Å². The zero-order valence-electron chi connectivity index (χ0n) is 10.0. The van der Waals surface area contributed by atoms with E-state index < -0.39 is 0 Å². The van der Waals surface area contributed by atoms with E-state index in [0.717, 1.165) is 29.4 Å². The molecule has 2 nitrogen and oxygen atoms in total. The topological polar surface area (TPSA) is 20.3 Å². The third kappa shape index (κ3) is 3.08. The van der Waals surface area contributed by atoms with Crippen molar-refractivity contribution in [3.8, 4) is 0 Å². The number of rotatable bonds is 5. The molecule has 1 rings (SSSR count). The molecule has 0 N–H and O–H groups in total. The van der Waals surface area contributed by atoms with Crippen molar-refractivity contribution in [2.24, 2.45) is 0 Å².